The maximum Gasteiger partial charge on any atom is 0.191 e. The lowest BCUT2D eigenvalue weighted by molar-refractivity contribution is 0.342. The van der Waals surface area contributed by atoms with Crippen molar-refractivity contribution in [2.45, 2.75) is 44.6 Å². The molecular weight excluding hydrogens is 200 g/mol. The third kappa shape index (κ3) is 2.49. The van der Waals surface area contributed by atoms with Gasteiger partial charge in [0.25, 0.3) is 0 Å². The Balaban J connectivity index is 0.000000980. The molecule has 0 spiro atoms. The van der Waals surface area contributed by atoms with Crippen molar-refractivity contribution in [3.05, 3.63) is 17.8 Å². The van der Waals surface area contributed by atoms with Gasteiger partial charge in [-0.15, -0.1) is 12.4 Å². The molecule has 80 valence electrons. The van der Waals surface area contributed by atoms with Crippen LogP contribution in [0.1, 0.15) is 43.3 Å². The molecule has 1 aromatic heterocycles. The Labute approximate surface area is 90.5 Å². The SMILES string of the molecule is Cc1ncc(C2CCC(N)CC2)o1.Cl. The highest BCUT2D eigenvalue weighted by atomic mass is 35.5. The summed E-state index contributed by atoms with van der Waals surface area (Å²) in [7, 11) is 0. The van der Waals surface area contributed by atoms with Gasteiger partial charge in [0.05, 0.1) is 6.20 Å². The normalized spacial score (nSPS) is 27.0. The zero-order chi connectivity index (χ0) is 9.26. The van der Waals surface area contributed by atoms with Gasteiger partial charge in [0.2, 0.25) is 0 Å². The van der Waals surface area contributed by atoms with E-state index in [1.807, 2.05) is 13.1 Å². The van der Waals surface area contributed by atoms with Crippen molar-refractivity contribution in [3.63, 3.8) is 0 Å². The summed E-state index contributed by atoms with van der Waals surface area (Å²) in [6.07, 6.45) is 6.39. The first kappa shape index (κ1) is 11.5. The zero-order valence-electron chi connectivity index (χ0n) is 8.40. The van der Waals surface area contributed by atoms with Crippen molar-refractivity contribution < 1.29 is 4.42 Å². The summed E-state index contributed by atoms with van der Waals surface area (Å²) in [6.45, 7) is 1.89. The van der Waals surface area contributed by atoms with E-state index in [1.54, 1.807) is 0 Å². The molecule has 1 aliphatic rings. The Morgan fingerprint density at radius 1 is 1.36 bits per heavy atom. The van der Waals surface area contributed by atoms with Crippen molar-refractivity contribution in [3.8, 4) is 0 Å². The van der Waals surface area contributed by atoms with Crippen LogP contribution in [0.5, 0.6) is 0 Å². The number of hydrogen-bond donors (Lipinski definition) is 1. The highest BCUT2D eigenvalue weighted by Gasteiger charge is 2.22. The largest absolute Gasteiger partial charge is 0.446 e. The molecular formula is C10H17ClN2O. The van der Waals surface area contributed by atoms with Crippen LogP contribution in [0.2, 0.25) is 0 Å². The van der Waals surface area contributed by atoms with Gasteiger partial charge >= 0.3 is 0 Å². The lowest BCUT2D eigenvalue weighted by atomic mass is 9.85. The van der Waals surface area contributed by atoms with Crippen LogP contribution >= 0.6 is 12.4 Å². The van der Waals surface area contributed by atoms with Crippen molar-refractivity contribution in [1.82, 2.24) is 4.98 Å². The summed E-state index contributed by atoms with van der Waals surface area (Å²) in [5, 5.41) is 0. The van der Waals surface area contributed by atoms with E-state index in [0.717, 1.165) is 37.3 Å². The number of rotatable bonds is 1. The van der Waals surface area contributed by atoms with E-state index in [2.05, 4.69) is 4.98 Å². The second kappa shape index (κ2) is 4.80. The fourth-order valence-electron chi connectivity index (χ4n) is 1.97. The molecule has 1 aliphatic carbocycles. The van der Waals surface area contributed by atoms with Crippen molar-refractivity contribution in [1.29, 1.82) is 0 Å². The standard InChI is InChI=1S/C10H16N2O.ClH/c1-7-12-6-10(13-7)8-2-4-9(11)5-3-8;/h6,8-9H,2-5,11H2,1H3;1H. The number of aromatic nitrogens is 1. The van der Waals surface area contributed by atoms with Gasteiger partial charge in [-0.25, -0.2) is 4.98 Å². The minimum Gasteiger partial charge on any atom is -0.446 e. The fraction of sp³-hybridized carbons (Fsp3) is 0.700. The molecule has 0 saturated heterocycles. The van der Waals surface area contributed by atoms with Crippen LogP contribution in [-0.2, 0) is 0 Å². The van der Waals surface area contributed by atoms with E-state index in [4.69, 9.17) is 10.2 Å². The fourth-order valence-corrected chi connectivity index (χ4v) is 1.97. The molecule has 0 bridgehead atoms. The van der Waals surface area contributed by atoms with Crippen LogP contribution in [0, 0.1) is 6.92 Å². The van der Waals surface area contributed by atoms with E-state index in [9.17, 15) is 0 Å². The molecule has 1 heterocycles. The van der Waals surface area contributed by atoms with Crippen LogP contribution in [0.25, 0.3) is 0 Å². The molecule has 1 aromatic rings. The minimum absolute atomic E-state index is 0. The van der Waals surface area contributed by atoms with E-state index in [0.29, 0.717) is 12.0 Å². The van der Waals surface area contributed by atoms with Gasteiger partial charge in [-0.2, -0.15) is 0 Å². The highest BCUT2D eigenvalue weighted by molar-refractivity contribution is 5.85. The first-order valence-electron chi connectivity index (χ1n) is 4.93. The Morgan fingerprint density at radius 2 is 2.00 bits per heavy atom. The van der Waals surface area contributed by atoms with E-state index >= 15 is 0 Å². The topological polar surface area (TPSA) is 52.0 Å². The van der Waals surface area contributed by atoms with Crippen molar-refractivity contribution in [2.24, 2.45) is 5.73 Å². The maximum absolute atomic E-state index is 5.83. The molecule has 1 saturated carbocycles. The molecule has 3 nitrogen and oxygen atoms in total. The number of hydrogen-bond acceptors (Lipinski definition) is 3. The first-order chi connectivity index (χ1) is 6.25. The smallest absolute Gasteiger partial charge is 0.191 e. The Hall–Kier alpha value is -0.540. The van der Waals surface area contributed by atoms with Crippen molar-refractivity contribution >= 4 is 12.4 Å². The first-order valence-corrected chi connectivity index (χ1v) is 4.93. The van der Waals surface area contributed by atoms with Gasteiger partial charge < -0.3 is 10.2 Å². The predicted octanol–water partition coefficient (Wildman–Crippen LogP) is 2.39. The van der Waals surface area contributed by atoms with Gasteiger partial charge in [-0.3, -0.25) is 0 Å². The monoisotopic (exact) mass is 216 g/mol. The van der Waals surface area contributed by atoms with Gasteiger partial charge in [-0.1, -0.05) is 0 Å². The quantitative estimate of drug-likeness (QED) is 0.784. The average molecular weight is 217 g/mol. The van der Waals surface area contributed by atoms with Crippen LogP contribution in [0.15, 0.2) is 10.6 Å². The molecule has 2 N–H and O–H groups in total. The Bertz CT molecular complexity index is 279. The average Bonchev–Trinajstić information content (AvgIpc) is 2.53. The molecule has 0 aromatic carbocycles. The van der Waals surface area contributed by atoms with Crippen LogP contribution in [0.4, 0.5) is 0 Å². The third-order valence-electron chi connectivity index (χ3n) is 2.81. The zero-order valence-corrected chi connectivity index (χ0v) is 9.22. The second-order valence-corrected chi connectivity index (χ2v) is 3.89. The summed E-state index contributed by atoms with van der Waals surface area (Å²) in [4.78, 5) is 4.11. The molecule has 0 atom stereocenters. The summed E-state index contributed by atoms with van der Waals surface area (Å²) in [5.41, 5.74) is 5.83. The minimum atomic E-state index is 0. The van der Waals surface area contributed by atoms with Gasteiger partial charge in [0.15, 0.2) is 5.89 Å². The molecule has 0 radical (unpaired) electrons. The maximum atomic E-state index is 5.83. The summed E-state index contributed by atoms with van der Waals surface area (Å²) >= 11 is 0. The Kier molecular flexibility index (Phi) is 3.96. The number of oxazole rings is 1. The second-order valence-electron chi connectivity index (χ2n) is 3.89. The predicted molar refractivity (Wildman–Crippen MR) is 57.7 cm³/mol. The number of nitrogens with two attached hydrogens (primary N) is 1. The number of halogens is 1. The lowest BCUT2D eigenvalue weighted by Gasteiger charge is -2.23. The summed E-state index contributed by atoms with van der Waals surface area (Å²) in [5.74, 6) is 2.37. The van der Waals surface area contributed by atoms with Gasteiger partial charge in [0, 0.05) is 18.9 Å². The molecule has 0 aliphatic heterocycles. The Morgan fingerprint density at radius 3 is 2.50 bits per heavy atom. The number of nitrogens with zero attached hydrogens (tertiary/aromatic N) is 1. The molecule has 4 heteroatoms. The number of aryl methyl sites for hydroxylation is 1. The van der Waals surface area contributed by atoms with Crippen molar-refractivity contribution in [2.75, 3.05) is 0 Å². The molecule has 14 heavy (non-hydrogen) atoms. The molecule has 1 fully saturated rings. The van der Waals surface area contributed by atoms with Gasteiger partial charge in [-0.05, 0) is 25.7 Å². The molecule has 0 amide bonds. The summed E-state index contributed by atoms with van der Waals surface area (Å²) in [6, 6.07) is 0.403. The van der Waals surface area contributed by atoms with Gasteiger partial charge in [0.1, 0.15) is 5.76 Å². The third-order valence-corrected chi connectivity index (χ3v) is 2.81. The summed E-state index contributed by atoms with van der Waals surface area (Å²) < 4.78 is 5.51. The van der Waals surface area contributed by atoms with E-state index in [1.165, 1.54) is 0 Å². The lowest BCUT2D eigenvalue weighted by Crippen LogP contribution is -2.25. The van der Waals surface area contributed by atoms with E-state index in [-0.39, 0.29) is 12.4 Å². The molecule has 2 rings (SSSR count). The molecule has 0 unspecified atom stereocenters. The van der Waals surface area contributed by atoms with Crippen LogP contribution < -0.4 is 5.73 Å². The van der Waals surface area contributed by atoms with E-state index < -0.39 is 0 Å². The van der Waals surface area contributed by atoms with Crippen LogP contribution in [0.3, 0.4) is 0 Å². The van der Waals surface area contributed by atoms with Crippen LogP contribution in [-0.4, -0.2) is 11.0 Å². The highest BCUT2D eigenvalue weighted by Crippen LogP contribution is 2.32.